The van der Waals surface area contributed by atoms with Crippen molar-refractivity contribution in [3.63, 3.8) is 0 Å². The van der Waals surface area contributed by atoms with Crippen LogP contribution in [0.1, 0.15) is 11.1 Å². The number of anilines is 1. The summed E-state index contributed by atoms with van der Waals surface area (Å²) in [4.78, 5) is 13.6. The van der Waals surface area contributed by atoms with E-state index in [1.165, 1.54) is 11.1 Å². The van der Waals surface area contributed by atoms with Crippen molar-refractivity contribution in [2.45, 2.75) is 13.0 Å². The van der Waals surface area contributed by atoms with Crippen LogP contribution >= 0.6 is 24.0 Å². The number of pyridine rings is 1. The number of benzene rings is 1. The fraction of sp³-hybridized carbons (Fsp3) is 0.455. The lowest BCUT2D eigenvalue weighted by atomic mass is 10.1. The molecule has 1 saturated heterocycles. The molecule has 0 amide bonds. The maximum Gasteiger partial charge on any atom is 0.231 e. The second kappa shape index (κ2) is 11.4. The van der Waals surface area contributed by atoms with Crippen LogP contribution in [0.25, 0.3) is 0 Å². The third kappa shape index (κ3) is 6.36. The molecule has 4 rings (SSSR count). The number of nitrogens with one attached hydrogen (secondary N) is 2. The Morgan fingerprint density at radius 3 is 2.65 bits per heavy atom. The number of ether oxygens (including phenoxy) is 2. The summed E-state index contributed by atoms with van der Waals surface area (Å²) in [7, 11) is 3.95. The van der Waals surface area contributed by atoms with Crippen LogP contribution in [0.3, 0.4) is 0 Å². The lowest BCUT2D eigenvalue weighted by Gasteiger charge is -2.33. The van der Waals surface area contributed by atoms with Gasteiger partial charge >= 0.3 is 0 Å². The summed E-state index contributed by atoms with van der Waals surface area (Å²) in [5, 5.41) is 6.76. The minimum Gasteiger partial charge on any atom is -0.454 e. The molecule has 0 spiro atoms. The van der Waals surface area contributed by atoms with E-state index in [1.807, 2.05) is 24.4 Å². The Bertz CT molecular complexity index is 886. The molecule has 1 fully saturated rings. The lowest BCUT2D eigenvalue weighted by molar-refractivity contribution is 0.174. The maximum atomic E-state index is 5.44. The first-order chi connectivity index (χ1) is 14.7. The Morgan fingerprint density at radius 2 is 1.84 bits per heavy atom. The predicted molar refractivity (Wildman–Crippen MR) is 134 cm³/mol. The van der Waals surface area contributed by atoms with Gasteiger partial charge in [0, 0.05) is 52.5 Å². The normalized spacial score (nSPS) is 16.1. The molecule has 168 valence electrons. The second-order valence-electron chi connectivity index (χ2n) is 7.60. The van der Waals surface area contributed by atoms with E-state index >= 15 is 0 Å². The molecular formula is C22H31IN6O2. The largest absolute Gasteiger partial charge is 0.454 e. The Morgan fingerprint density at radius 1 is 1.03 bits per heavy atom. The fourth-order valence-electron chi connectivity index (χ4n) is 3.61. The summed E-state index contributed by atoms with van der Waals surface area (Å²) in [6.07, 6.45) is 2.76. The highest BCUT2D eigenvalue weighted by Crippen LogP contribution is 2.32. The van der Waals surface area contributed by atoms with Crippen LogP contribution in [-0.4, -0.2) is 69.5 Å². The van der Waals surface area contributed by atoms with E-state index in [0.29, 0.717) is 13.3 Å². The summed E-state index contributed by atoms with van der Waals surface area (Å²) >= 11 is 0. The molecule has 3 heterocycles. The van der Waals surface area contributed by atoms with Crippen molar-refractivity contribution in [3.8, 4) is 11.5 Å². The van der Waals surface area contributed by atoms with Crippen LogP contribution in [0.15, 0.2) is 41.5 Å². The molecule has 0 unspecified atom stereocenters. The number of hydrogen-bond donors (Lipinski definition) is 2. The Balaban J connectivity index is 0.00000272. The SMILES string of the molecule is CN=C(NCCc1ccc2c(c1)OCO2)NCc1ccnc(N2CCN(C)CC2)c1.I. The van der Waals surface area contributed by atoms with E-state index in [4.69, 9.17) is 9.47 Å². The Labute approximate surface area is 201 Å². The smallest absolute Gasteiger partial charge is 0.231 e. The number of guanidine groups is 1. The molecule has 2 aliphatic rings. The monoisotopic (exact) mass is 538 g/mol. The minimum absolute atomic E-state index is 0. The first kappa shape index (κ1) is 23.4. The zero-order chi connectivity index (χ0) is 20.8. The number of likely N-dealkylation sites (N-methyl/N-ethyl adjacent to an activating group) is 1. The average Bonchev–Trinajstić information content (AvgIpc) is 3.25. The molecule has 0 atom stereocenters. The number of aromatic nitrogens is 1. The number of aliphatic imine (C=N–C) groups is 1. The summed E-state index contributed by atoms with van der Waals surface area (Å²) in [6.45, 7) is 5.97. The Kier molecular flexibility index (Phi) is 8.59. The summed E-state index contributed by atoms with van der Waals surface area (Å²) in [5.41, 5.74) is 2.39. The van der Waals surface area contributed by atoms with Gasteiger partial charge in [-0.15, -0.1) is 24.0 Å². The zero-order valence-corrected chi connectivity index (χ0v) is 20.5. The number of halogens is 1. The molecule has 2 aliphatic heterocycles. The van der Waals surface area contributed by atoms with Crippen molar-refractivity contribution in [2.24, 2.45) is 4.99 Å². The van der Waals surface area contributed by atoms with Crippen LogP contribution in [0.2, 0.25) is 0 Å². The molecule has 0 radical (unpaired) electrons. The standard InChI is InChI=1S/C22H30N6O2.HI/c1-23-22(25-8-5-17-3-4-19-20(13-17)30-16-29-19)26-15-18-6-7-24-21(14-18)28-11-9-27(2)10-12-28;/h3-4,6-7,13-14H,5,8-12,15-16H2,1-2H3,(H2,23,25,26);1H. The van der Waals surface area contributed by atoms with Crippen molar-refractivity contribution in [1.82, 2.24) is 20.5 Å². The summed E-state index contributed by atoms with van der Waals surface area (Å²) < 4.78 is 10.8. The van der Waals surface area contributed by atoms with Crippen LogP contribution in [0.4, 0.5) is 5.82 Å². The molecule has 0 aliphatic carbocycles. The highest BCUT2D eigenvalue weighted by Gasteiger charge is 2.15. The summed E-state index contributed by atoms with van der Waals surface area (Å²) in [6, 6.07) is 10.3. The Hall–Kier alpha value is -2.27. The lowest BCUT2D eigenvalue weighted by Crippen LogP contribution is -2.44. The fourth-order valence-corrected chi connectivity index (χ4v) is 3.61. The van der Waals surface area contributed by atoms with Gasteiger partial charge in [-0.1, -0.05) is 6.07 Å². The molecule has 2 N–H and O–H groups in total. The van der Waals surface area contributed by atoms with Gasteiger partial charge in [-0.05, 0) is 48.9 Å². The molecule has 1 aromatic heterocycles. The summed E-state index contributed by atoms with van der Waals surface area (Å²) in [5.74, 6) is 3.48. The van der Waals surface area contributed by atoms with Crippen molar-refractivity contribution < 1.29 is 9.47 Å². The van der Waals surface area contributed by atoms with Gasteiger partial charge in [0.05, 0.1) is 0 Å². The average molecular weight is 538 g/mol. The number of piperazine rings is 1. The van der Waals surface area contributed by atoms with Crippen LogP contribution in [-0.2, 0) is 13.0 Å². The molecule has 1 aromatic carbocycles. The molecule has 31 heavy (non-hydrogen) atoms. The van der Waals surface area contributed by atoms with E-state index in [1.54, 1.807) is 7.05 Å². The van der Waals surface area contributed by atoms with Gasteiger partial charge in [0.1, 0.15) is 5.82 Å². The van der Waals surface area contributed by atoms with Gasteiger partial charge in [-0.25, -0.2) is 4.98 Å². The van der Waals surface area contributed by atoms with Crippen LogP contribution in [0, 0.1) is 0 Å². The minimum atomic E-state index is 0. The molecular weight excluding hydrogens is 507 g/mol. The molecule has 2 aromatic rings. The maximum absolute atomic E-state index is 5.44. The molecule has 0 bridgehead atoms. The van der Waals surface area contributed by atoms with Crippen molar-refractivity contribution >= 4 is 35.8 Å². The van der Waals surface area contributed by atoms with Gasteiger partial charge in [0.2, 0.25) is 6.79 Å². The van der Waals surface area contributed by atoms with Crippen LogP contribution < -0.4 is 25.0 Å². The highest BCUT2D eigenvalue weighted by molar-refractivity contribution is 14.0. The number of rotatable bonds is 6. The van der Waals surface area contributed by atoms with E-state index in [-0.39, 0.29) is 24.0 Å². The number of fused-ring (bicyclic) bond motifs is 1. The molecule has 9 heteroatoms. The first-order valence-corrected chi connectivity index (χ1v) is 10.4. The van der Waals surface area contributed by atoms with Crippen LogP contribution in [0.5, 0.6) is 11.5 Å². The van der Waals surface area contributed by atoms with Crippen molar-refractivity contribution in [1.29, 1.82) is 0 Å². The van der Waals surface area contributed by atoms with E-state index < -0.39 is 0 Å². The topological polar surface area (TPSA) is 74.2 Å². The molecule has 0 saturated carbocycles. The number of nitrogens with zero attached hydrogens (tertiary/aromatic N) is 4. The zero-order valence-electron chi connectivity index (χ0n) is 18.1. The van der Waals surface area contributed by atoms with E-state index in [0.717, 1.165) is 62.4 Å². The quantitative estimate of drug-likeness (QED) is 0.332. The second-order valence-corrected chi connectivity index (χ2v) is 7.60. The third-order valence-electron chi connectivity index (χ3n) is 5.46. The van der Waals surface area contributed by atoms with Gasteiger partial charge < -0.3 is 29.9 Å². The predicted octanol–water partition coefficient (Wildman–Crippen LogP) is 2.09. The van der Waals surface area contributed by atoms with Gasteiger partial charge in [-0.3, -0.25) is 4.99 Å². The number of hydrogen-bond acceptors (Lipinski definition) is 6. The van der Waals surface area contributed by atoms with Gasteiger partial charge in [0.15, 0.2) is 17.5 Å². The van der Waals surface area contributed by atoms with Gasteiger partial charge in [0.25, 0.3) is 0 Å². The first-order valence-electron chi connectivity index (χ1n) is 10.4. The highest BCUT2D eigenvalue weighted by atomic mass is 127. The van der Waals surface area contributed by atoms with E-state index in [2.05, 4.69) is 49.6 Å². The van der Waals surface area contributed by atoms with Crippen molar-refractivity contribution in [2.75, 3.05) is 58.5 Å². The molecule has 8 nitrogen and oxygen atoms in total. The third-order valence-corrected chi connectivity index (χ3v) is 5.46. The van der Waals surface area contributed by atoms with Gasteiger partial charge in [-0.2, -0.15) is 0 Å². The van der Waals surface area contributed by atoms with E-state index in [9.17, 15) is 0 Å². The van der Waals surface area contributed by atoms with Crippen molar-refractivity contribution in [3.05, 3.63) is 47.7 Å².